The molecule has 1 aliphatic rings. The number of carbonyl (C=O) groups is 1. The molecule has 130 valence electrons. The Hall–Kier alpha value is -2.78. The highest BCUT2D eigenvalue weighted by Crippen LogP contribution is 2.34. The number of hydrogen-bond donors (Lipinski definition) is 3. The van der Waals surface area contributed by atoms with Crippen LogP contribution in [-0.4, -0.2) is 33.9 Å². The van der Waals surface area contributed by atoms with Gasteiger partial charge >= 0.3 is 0 Å². The third-order valence-corrected chi connectivity index (χ3v) is 3.30. The van der Waals surface area contributed by atoms with Gasteiger partial charge in [-0.1, -0.05) is 6.92 Å². The standard InChI is InChI=1S/C14H15N5O3.ClH.H2O/c1-2-10-9(13(20)18-14(15)16)6-17-19(10)8-3-4-11-12(5-8)22-7-21-11;;/h3-6H,2,7H2,1H3,(H4,15,16,18,20);1H;1H2. The lowest BCUT2D eigenvalue weighted by Crippen LogP contribution is -2.36. The number of nitrogens with zero attached hydrogens (tertiary/aromatic N) is 2. The Kier molecular flexibility index (Phi) is 6.15. The van der Waals surface area contributed by atoms with Crippen molar-refractivity contribution >= 4 is 24.3 Å². The van der Waals surface area contributed by atoms with Crippen LogP contribution < -0.4 is 20.5 Å². The molecular weight excluding hydrogens is 338 g/mol. The number of benzene rings is 1. The Morgan fingerprint density at radius 2 is 2.12 bits per heavy atom. The highest BCUT2D eigenvalue weighted by atomic mass is 35.5. The van der Waals surface area contributed by atoms with Crippen LogP contribution in [0.25, 0.3) is 5.69 Å². The van der Waals surface area contributed by atoms with Crippen molar-refractivity contribution in [3.05, 3.63) is 35.7 Å². The highest BCUT2D eigenvalue weighted by Gasteiger charge is 2.19. The minimum absolute atomic E-state index is 0. The lowest BCUT2D eigenvalue weighted by atomic mass is 10.2. The Morgan fingerprint density at radius 3 is 2.79 bits per heavy atom. The summed E-state index contributed by atoms with van der Waals surface area (Å²) in [6, 6.07) is 5.45. The third-order valence-electron chi connectivity index (χ3n) is 3.30. The second kappa shape index (κ2) is 7.66. The molecule has 0 aliphatic carbocycles. The molecule has 1 amide bonds. The van der Waals surface area contributed by atoms with Gasteiger partial charge in [0.1, 0.15) is 0 Å². The van der Waals surface area contributed by atoms with Gasteiger partial charge in [0.15, 0.2) is 17.5 Å². The van der Waals surface area contributed by atoms with Crippen molar-refractivity contribution < 1.29 is 19.7 Å². The Morgan fingerprint density at radius 1 is 1.42 bits per heavy atom. The van der Waals surface area contributed by atoms with E-state index in [0.29, 0.717) is 23.5 Å². The van der Waals surface area contributed by atoms with Gasteiger partial charge in [-0.05, 0) is 18.6 Å². The number of nitrogens with one attached hydrogen (secondary N) is 2. The first-order valence-corrected chi connectivity index (χ1v) is 6.72. The number of carbonyl (C=O) groups excluding carboxylic acids is 1. The second-order valence-electron chi connectivity index (χ2n) is 4.68. The number of ether oxygens (including phenoxy) is 2. The Bertz CT molecular complexity index is 762. The number of hydrogen-bond acceptors (Lipinski definition) is 5. The summed E-state index contributed by atoms with van der Waals surface area (Å²) >= 11 is 0. The van der Waals surface area contributed by atoms with Crippen molar-refractivity contribution in [2.24, 2.45) is 5.73 Å². The number of nitrogens with two attached hydrogens (primary N) is 1. The molecule has 2 aromatic rings. The first-order chi connectivity index (χ1) is 10.6. The summed E-state index contributed by atoms with van der Waals surface area (Å²) in [5.41, 5.74) is 7.07. The molecule has 0 atom stereocenters. The maximum Gasteiger partial charge on any atom is 0.261 e. The van der Waals surface area contributed by atoms with E-state index in [1.807, 2.05) is 13.0 Å². The number of fused-ring (bicyclic) bond motifs is 1. The Balaban J connectivity index is 0.00000144. The molecule has 1 aromatic carbocycles. The summed E-state index contributed by atoms with van der Waals surface area (Å²) in [5.74, 6) is 0.479. The second-order valence-corrected chi connectivity index (χ2v) is 4.68. The fourth-order valence-corrected chi connectivity index (χ4v) is 2.33. The molecular formula is C14H18ClN5O4. The van der Waals surface area contributed by atoms with Crippen LogP contribution in [-0.2, 0) is 6.42 Å². The molecule has 0 radical (unpaired) electrons. The number of rotatable bonds is 3. The van der Waals surface area contributed by atoms with E-state index in [1.54, 1.807) is 16.8 Å². The van der Waals surface area contributed by atoms with Gasteiger partial charge in [0.05, 0.1) is 23.1 Å². The summed E-state index contributed by atoms with van der Waals surface area (Å²) in [5, 5.41) is 13.7. The molecule has 0 bridgehead atoms. The number of halogens is 1. The van der Waals surface area contributed by atoms with Crippen LogP contribution in [0.2, 0.25) is 0 Å². The van der Waals surface area contributed by atoms with Crippen molar-refractivity contribution in [2.45, 2.75) is 13.3 Å². The van der Waals surface area contributed by atoms with Crippen molar-refractivity contribution in [2.75, 3.05) is 6.79 Å². The first-order valence-electron chi connectivity index (χ1n) is 6.72. The summed E-state index contributed by atoms with van der Waals surface area (Å²) in [4.78, 5) is 12.0. The summed E-state index contributed by atoms with van der Waals surface area (Å²) in [6.07, 6.45) is 2.05. The zero-order valence-electron chi connectivity index (χ0n) is 12.8. The van der Waals surface area contributed by atoms with E-state index >= 15 is 0 Å². The van der Waals surface area contributed by atoms with Crippen LogP contribution in [0.3, 0.4) is 0 Å². The average Bonchev–Trinajstić information content (AvgIpc) is 3.11. The smallest absolute Gasteiger partial charge is 0.261 e. The van der Waals surface area contributed by atoms with Crippen LogP contribution in [0.5, 0.6) is 11.5 Å². The van der Waals surface area contributed by atoms with Gasteiger partial charge < -0.3 is 20.7 Å². The third kappa shape index (κ3) is 3.42. The topological polar surface area (TPSA) is 147 Å². The molecule has 0 fully saturated rings. The van der Waals surface area contributed by atoms with Gasteiger partial charge in [-0.15, -0.1) is 12.4 Å². The van der Waals surface area contributed by atoms with Crippen LogP contribution >= 0.6 is 12.4 Å². The number of aromatic nitrogens is 2. The summed E-state index contributed by atoms with van der Waals surface area (Å²) < 4.78 is 12.3. The summed E-state index contributed by atoms with van der Waals surface area (Å²) in [6.45, 7) is 2.12. The van der Waals surface area contributed by atoms with Crippen LogP contribution in [0.4, 0.5) is 0 Å². The van der Waals surface area contributed by atoms with Crippen molar-refractivity contribution in [1.82, 2.24) is 15.1 Å². The van der Waals surface area contributed by atoms with Gasteiger partial charge in [0.2, 0.25) is 6.79 Å². The molecule has 24 heavy (non-hydrogen) atoms. The zero-order valence-corrected chi connectivity index (χ0v) is 13.6. The lowest BCUT2D eigenvalue weighted by Gasteiger charge is -2.08. The zero-order chi connectivity index (χ0) is 15.7. The molecule has 3 rings (SSSR count). The number of amides is 1. The molecule has 6 N–H and O–H groups in total. The van der Waals surface area contributed by atoms with Crippen LogP contribution in [0.15, 0.2) is 24.4 Å². The molecule has 1 aliphatic heterocycles. The lowest BCUT2D eigenvalue weighted by molar-refractivity contribution is 0.0975. The molecule has 0 spiro atoms. The molecule has 0 saturated carbocycles. The van der Waals surface area contributed by atoms with E-state index in [4.69, 9.17) is 20.6 Å². The monoisotopic (exact) mass is 355 g/mol. The number of guanidine groups is 1. The van der Waals surface area contributed by atoms with Crippen LogP contribution in [0.1, 0.15) is 23.0 Å². The van der Waals surface area contributed by atoms with E-state index in [9.17, 15) is 4.79 Å². The van der Waals surface area contributed by atoms with Gasteiger partial charge in [0, 0.05) is 6.07 Å². The predicted molar refractivity (Wildman–Crippen MR) is 89.3 cm³/mol. The van der Waals surface area contributed by atoms with E-state index in [-0.39, 0.29) is 24.7 Å². The van der Waals surface area contributed by atoms with Gasteiger partial charge in [-0.25, -0.2) is 4.68 Å². The normalized spacial score (nSPS) is 11.2. The predicted octanol–water partition coefficient (Wildman–Crippen LogP) is 0.384. The van der Waals surface area contributed by atoms with Gasteiger partial charge in [0.25, 0.3) is 5.91 Å². The fraction of sp³-hybridized carbons (Fsp3) is 0.214. The quantitative estimate of drug-likeness (QED) is 0.538. The van der Waals surface area contributed by atoms with Crippen LogP contribution in [0, 0.1) is 5.41 Å². The fourth-order valence-electron chi connectivity index (χ4n) is 2.33. The van der Waals surface area contributed by atoms with Gasteiger partial charge in [-0.2, -0.15) is 5.10 Å². The van der Waals surface area contributed by atoms with E-state index in [2.05, 4.69) is 10.4 Å². The maximum absolute atomic E-state index is 12.0. The van der Waals surface area contributed by atoms with Crippen molar-refractivity contribution in [1.29, 1.82) is 5.41 Å². The molecule has 9 nitrogen and oxygen atoms in total. The minimum Gasteiger partial charge on any atom is -0.454 e. The van der Waals surface area contributed by atoms with Crippen molar-refractivity contribution in [3.8, 4) is 17.2 Å². The molecule has 0 saturated heterocycles. The van der Waals surface area contributed by atoms with Gasteiger partial charge in [-0.3, -0.25) is 15.5 Å². The first kappa shape index (κ1) is 19.3. The average molecular weight is 356 g/mol. The molecule has 1 aromatic heterocycles. The molecule has 10 heteroatoms. The van der Waals surface area contributed by atoms with E-state index < -0.39 is 11.9 Å². The molecule has 2 heterocycles. The Labute approximate surface area is 144 Å². The molecule has 0 unspecified atom stereocenters. The van der Waals surface area contributed by atoms with Crippen molar-refractivity contribution in [3.63, 3.8) is 0 Å². The SMILES string of the molecule is CCc1c(C(=O)NC(=N)N)cnn1-c1ccc2c(c1)OCO2.Cl.O. The summed E-state index contributed by atoms with van der Waals surface area (Å²) in [7, 11) is 0. The van der Waals surface area contributed by atoms with E-state index in [0.717, 1.165) is 11.4 Å². The largest absolute Gasteiger partial charge is 0.454 e. The van der Waals surface area contributed by atoms with E-state index in [1.165, 1.54) is 6.20 Å². The highest BCUT2D eigenvalue weighted by molar-refractivity contribution is 6.05. The minimum atomic E-state index is -0.448. The maximum atomic E-state index is 12.0.